The summed E-state index contributed by atoms with van der Waals surface area (Å²) in [6.07, 6.45) is 0.965. The van der Waals surface area contributed by atoms with Crippen LogP contribution in [0, 0.1) is 5.82 Å². The molecule has 1 aliphatic heterocycles. The molecule has 3 rings (SSSR count). The van der Waals surface area contributed by atoms with Gasteiger partial charge in [0.25, 0.3) is 0 Å². The first-order valence-corrected chi connectivity index (χ1v) is 6.97. The van der Waals surface area contributed by atoms with Gasteiger partial charge in [-0.05, 0) is 35.2 Å². The first kappa shape index (κ1) is 12.5. The third kappa shape index (κ3) is 2.45. The van der Waals surface area contributed by atoms with Gasteiger partial charge in [0.05, 0.1) is 5.69 Å². The molecule has 0 spiro atoms. The van der Waals surface area contributed by atoms with E-state index < -0.39 is 0 Å². The Kier molecular flexibility index (Phi) is 3.43. The number of hydrogen-bond donors (Lipinski definition) is 0. The standard InChI is InChI=1S/C16H15ClFN/c17-10-12-5-6-16(15(18)9-12)19-8-7-13-3-1-2-4-14(13)11-19/h1-6,9H,7-8,10-11H2. The molecule has 2 aromatic carbocycles. The van der Waals surface area contributed by atoms with Crippen molar-refractivity contribution in [1.82, 2.24) is 0 Å². The summed E-state index contributed by atoms with van der Waals surface area (Å²) in [4.78, 5) is 2.09. The fourth-order valence-corrected chi connectivity index (χ4v) is 2.76. The van der Waals surface area contributed by atoms with Crippen LogP contribution in [0.15, 0.2) is 42.5 Å². The Morgan fingerprint density at radius 3 is 2.63 bits per heavy atom. The highest BCUT2D eigenvalue weighted by Gasteiger charge is 2.18. The zero-order valence-corrected chi connectivity index (χ0v) is 11.3. The third-order valence-electron chi connectivity index (χ3n) is 3.64. The van der Waals surface area contributed by atoms with Crippen molar-refractivity contribution in [1.29, 1.82) is 0 Å². The number of alkyl halides is 1. The van der Waals surface area contributed by atoms with E-state index in [1.807, 2.05) is 18.2 Å². The van der Waals surface area contributed by atoms with E-state index in [2.05, 4.69) is 23.1 Å². The SMILES string of the molecule is Fc1cc(CCl)ccc1N1CCc2ccccc2C1. The summed E-state index contributed by atoms with van der Waals surface area (Å²) in [5.74, 6) is 0.164. The molecular formula is C16H15ClFN. The second kappa shape index (κ2) is 5.22. The Morgan fingerprint density at radius 1 is 1.11 bits per heavy atom. The van der Waals surface area contributed by atoms with E-state index in [1.165, 1.54) is 17.2 Å². The van der Waals surface area contributed by atoms with E-state index in [0.29, 0.717) is 11.6 Å². The molecule has 0 aliphatic carbocycles. The quantitative estimate of drug-likeness (QED) is 0.745. The van der Waals surface area contributed by atoms with Gasteiger partial charge in [0.15, 0.2) is 0 Å². The van der Waals surface area contributed by atoms with E-state index in [4.69, 9.17) is 11.6 Å². The van der Waals surface area contributed by atoms with E-state index in [0.717, 1.165) is 25.1 Å². The molecule has 2 aromatic rings. The van der Waals surface area contributed by atoms with Gasteiger partial charge in [0.1, 0.15) is 5.82 Å². The predicted molar refractivity (Wildman–Crippen MR) is 77.2 cm³/mol. The molecule has 0 unspecified atom stereocenters. The fourth-order valence-electron chi connectivity index (χ4n) is 2.59. The summed E-state index contributed by atoms with van der Waals surface area (Å²) in [6, 6.07) is 13.6. The van der Waals surface area contributed by atoms with Crippen LogP contribution in [-0.2, 0) is 18.8 Å². The molecule has 1 heterocycles. The van der Waals surface area contributed by atoms with E-state index in [9.17, 15) is 4.39 Å². The van der Waals surface area contributed by atoms with Crippen molar-refractivity contribution in [3.8, 4) is 0 Å². The normalized spacial score (nSPS) is 14.3. The van der Waals surface area contributed by atoms with Gasteiger partial charge in [-0.15, -0.1) is 11.6 Å². The first-order valence-electron chi connectivity index (χ1n) is 6.44. The molecule has 0 N–H and O–H groups in total. The lowest BCUT2D eigenvalue weighted by atomic mass is 9.99. The smallest absolute Gasteiger partial charge is 0.146 e. The van der Waals surface area contributed by atoms with Crippen molar-refractivity contribution >= 4 is 17.3 Å². The minimum absolute atomic E-state index is 0.183. The Balaban J connectivity index is 1.89. The lowest BCUT2D eigenvalue weighted by molar-refractivity contribution is 0.609. The minimum Gasteiger partial charge on any atom is -0.364 e. The average Bonchev–Trinajstić information content (AvgIpc) is 2.46. The fraction of sp³-hybridized carbons (Fsp3) is 0.250. The van der Waals surface area contributed by atoms with Gasteiger partial charge in [0.2, 0.25) is 0 Å². The lowest BCUT2D eigenvalue weighted by Gasteiger charge is -2.31. The Morgan fingerprint density at radius 2 is 1.89 bits per heavy atom. The summed E-state index contributed by atoms with van der Waals surface area (Å²) in [5, 5.41) is 0. The van der Waals surface area contributed by atoms with Crippen LogP contribution in [-0.4, -0.2) is 6.54 Å². The second-order valence-corrected chi connectivity index (χ2v) is 5.13. The van der Waals surface area contributed by atoms with Crippen molar-refractivity contribution in [2.75, 3.05) is 11.4 Å². The Hall–Kier alpha value is -1.54. The number of anilines is 1. The molecule has 0 aromatic heterocycles. The molecule has 0 radical (unpaired) electrons. The number of benzene rings is 2. The number of rotatable bonds is 2. The van der Waals surface area contributed by atoms with Crippen LogP contribution in [0.25, 0.3) is 0 Å². The van der Waals surface area contributed by atoms with Crippen LogP contribution < -0.4 is 4.90 Å². The van der Waals surface area contributed by atoms with Gasteiger partial charge in [-0.3, -0.25) is 0 Å². The molecular weight excluding hydrogens is 261 g/mol. The van der Waals surface area contributed by atoms with Gasteiger partial charge in [-0.1, -0.05) is 30.3 Å². The monoisotopic (exact) mass is 275 g/mol. The number of fused-ring (bicyclic) bond motifs is 1. The van der Waals surface area contributed by atoms with E-state index >= 15 is 0 Å². The topological polar surface area (TPSA) is 3.24 Å². The molecule has 0 fully saturated rings. The molecule has 0 atom stereocenters. The highest BCUT2D eigenvalue weighted by Crippen LogP contribution is 2.27. The number of nitrogens with zero attached hydrogens (tertiary/aromatic N) is 1. The van der Waals surface area contributed by atoms with Crippen molar-refractivity contribution in [3.63, 3.8) is 0 Å². The van der Waals surface area contributed by atoms with Crippen molar-refractivity contribution < 1.29 is 4.39 Å². The summed E-state index contributed by atoms with van der Waals surface area (Å²) < 4.78 is 14.1. The van der Waals surface area contributed by atoms with E-state index in [-0.39, 0.29) is 5.82 Å². The summed E-state index contributed by atoms with van der Waals surface area (Å²) in [5.41, 5.74) is 4.15. The molecule has 0 amide bonds. The molecule has 1 nitrogen and oxygen atoms in total. The van der Waals surface area contributed by atoms with Crippen molar-refractivity contribution in [2.45, 2.75) is 18.8 Å². The Bertz CT molecular complexity index is 597. The maximum Gasteiger partial charge on any atom is 0.146 e. The Labute approximate surface area is 117 Å². The van der Waals surface area contributed by atoms with Crippen LogP contribution in [0.1, 0.15) is 16.7 Å². The molecule has 1 aliphatic rings. The zero-order chi connectivity index (χ0) is 13.2. The predicted octanol–water partition coefficient (Wildman–Crippen LogP) is 4.13. The average molecular weight is 276 g/mol. The summed E-state index contributed by atoms with van der Waals surface area (Å²) in [6.45, 7) is 1.63. The second-order valence-electron chi connectivity index (χ2n) is 4.86. The molecule has 0 bridgehead atoms. The maximum atomic E-state index is 14.1. The molecule has 0 saturated carbocycles. The zero-order valence-electron chi connectivity index (χ0n) is 10.6. The van der Waals surface area contributed by atoms with Gasteiger partial charge >= 0.3 is 0 Å². The van der Waals surface area contributed by atoms with Crippen LogP contribution in [0.4, 0.5) is 10.1 Å². The maximum absolute atomic E-state index is 14.1. The van der Waals surface area contributed by atoms with Crippen LogP contribution in [0.5, 0.6) is 0 Å². The van der Waals surface area contributed by atoms with Gasteiger partial charge in [0, 0.05) is 19.0 Å². The van der Waals surface area contributed by atoms with Crippen LogP contribution in [0.2, 0.25) is 0 Å². The number of hydrogen-bond acceptors (Lipinski definition) is 1. The van der Waals surface area contributed by atoms with Crippen molar-refractivity contribution in [2.24, 2.45) is 0 Å². The largest absolute Gasteiger partial charge is 0.364 e. The molecule has 98 valence electrons. The summed E-state index contributed by atoms with van der Waals surface area (Å²) >= 11 is 5.72. The molecule has 3 heteroatoms. The highest BCUT2D eigenvalue weighted by atomic mass is 35.5. The third-order valence-corrected chi connectivity index (χ3v) is 3.95. The van der Waals surface area contributed by atoms with Crippen LogP contribution >= 0.6 is 11.6 Å². The molecule has 0 saturated heterocycles. The first-order chi connectivity index (χ1) is 9.28. The lowest BCUT2D eigenvalue weighted by Crippen LogP contribution is -2.30. The van der Waals surface area contributed by atoms with Gasteiger partial charge < -0.3 is 4.90 Å². The van der Waals surface area contributed by atoms with Gasteiger partial charge in [-0.25, -0.2) is 4.39 Å². The van der Waals surface area contributed by atoms with Gasteiger partial charge in [-0.2, -0.15) is 0 Å². The summed E-state index contributed by atoms with van der Waals surface area (Å²) in [7, 11) is 0. The minimum atomic E-state index is -0.183. The number of halogens is 2. The molecule has 19 heavy (non-hydrogen) atoms. The van der Waals surface area contributed by atoms with Crippen molar-refractivity contribution in [3.05, 3.63) is 65.0 Å². The van der Waals surface area contributed by atoms with E-state index in [1.54, 1.807) is 0 Å². The van der Waals surface area contributed by atoms with Crippen LogP contribution in [0.3, 0.4) is 0 Å². The highest BCUT2D eigenvalue weighted by molar-refractivity contribution is 6.17.